The van der Waals surface area contributed by atoms with Crippen molar-refractivity contribution in [1.29, 1.82) is 5.26 Å². The first-order valence-electron chi connectivity index (χ1n) is 5.38. The first kappa shape index (κ1) is 12.5. The molecule has 0 atom stereocenters. The van der Waals surface area contributed by atoms with Gasteiger partial charge in [-0.25, -0.2) is 0 Å². The highest BCUT2D eigenvalue weighted by atomic mass is 127. The highest BCUT2D eigenvalue weighted by molar-refractivity contribution is 14.1. The summed E-state index contributed by atoms with van der Waals surface area (Å²) in [7, 11) is 0. The Hall–Kier alpha value is -2.48. The summed E-state index contributed by atoms with van der Waals surface area (Å²) < 4.78 is 7.84. The van der Waals surface area contributed by atoms with Gasteiger partial charge in [-0.1, -0.05) is 0 Å². The molecular weight excluding hydrogens is 373 g/mol. The number of halogens is 1. The van der Waals surface area contributed by atoms with E-state index in [1.54, 1.807) is 12.1 Å². The van der Waals surface area contributed by atoms with Crippen molar-refractivity contribution in [1.82, 2.24) is 25.0 Å². The Bertz CT molecular complexity index is 815. The number of fused-ring (bicyclic) bond motifs is 1. The molecule has 8 nitrogen and oxygen atoms in total. The van der Waals surface area contributed by atoms with Crippen LogP contribution in [0.3, 0.4) is 0 Å². The van der Waals surface area contributed by atoms with Crippen molar-refractivity contribution in [2.75, 3.05) is 5.73 Å². The summed E-state index contributed by atoms with van der Waals surface area (Å²) in [4.78, 5) is 3.99. The third kappa shape index (κ3) is 2.10. The Morgan fingerprint density at radius 1 is 1.35 bits per heavy atom. The summed E-state index contributed by atoms with van der Waals surface area (Å²) in [5, 5.41) is 20.0. The van der Waals surface area contributed by atoms with Gasteiger partial charge in [-0.15, -0.1) is 5.10 Å². The molecule has 0 aliphatic carbocycles. The minimum Gasteiger partial charge on any atom is -0.434 e. The molecule has 9 heteroatoms. The van der Waals surface area contributed by atoms with Crippen LogP contribution in [0.4, 0.5) is 5.69 Å². The monoisotopic (exact) mass is 379 g/mol. The van der Waals surface area contributed by atoms with E-state index < -0.39 is 0 Å². The summed E-state index contributed by atoms with van der Waals surface area (Å²) in [5.74, 6) is 0.774. The third-order valence-electron chi connectivity index (χ3n) is 2.49. The molecule has 0 saturated carbocycles. The zero-order valence-corrected chi connectivity index (χ0v) is 12.0. The fourth-order valence-electron chi connectivity index (χ4n) is 1.61. The average Bonchev–Trinajstić information content (AvgIpc) is 2.91. The van der Waals surface area contributed by atoms with Gasteiger partial charge in [0.1, 0.15) is 0 Å². The molecule has 20 heavy (non-hydrogen) atoms. The average molecular weight is 379 g/mol. The minimum atomic E-state index is 0.335. The van der Waals surface area contributed by atoms with Crippen LogP contribution in [-0.2, 0) is 0 Å². The van der Waals surface area contributed by atoms with Gasteiger partial charge >= 0.3 is 0 Å². The second-order valence-corrected chi connectivity index (χ2v) is 4.95. The molecule has 0 bridgehead atoms. The zero-order chi connectivity index (χ0) is 14.1. The standard InChI is InChI=1S/C11H6IN7O/c12-7-1-6(3-13)2-8(14)11(7)20-10-5-15-4-9-16-17-18-19(9)10/h1-2,4-5H,14H2. The van der Waals surface area contributed by atoms with Gasteiger partial charge in [0, 0.05) is 0 Å². The molecule has 0 unspecified atom stereocenters. The summed E-state index contributed by atoms with van der Waals surface area (Å²) in [6.45, 7) is 0. The fraction of sp³-hybridized carbons (Fsp3) is 0. The summed E-state index contributed by atoms with van der Waals surface area (Å²) in [6, 6.07) is 5.26. The largest absolute Gasteiger partial charge is 0.434 e. The van der Waals surface area contributed by atoms with Gasteiger partial charge < -0.3 is 10.5 Å². The molecule has 2 N–H and O–H groups in total. The van der Waals surface area contributed by atoms with Crippen LogP contribution in [0.25, 0.3) is 5.65 Å². The first-order valence-corrected chi connectivity index (χ1v) is 6.46. The molecule has 1 aromatic carbocycles. The molecule has 0 amide bonds. The predicted octanol–water partition coefficient (Wildman–Crippen LogP) is 1.37. The quantitative estimate of drug-likeness (QED) is 0.528. The summed E-state index contributed by atoms with van der Waals surface area (Å²) in [5.41, 5.74) is 7.20. The van der Waals surface area contributed by atoms with Crippen LogP contribution in [0.15, 0.2) is 24.5 Å². The van der Waals surface area contributed by atoms with Crippen molar-refractivity contribution in [3.05, 3.63) is 33.7 Å². The van der Waals surface area contributed by atoms with Crippen molar-refractivity contribution in [3.63, 3.8) is 0 Å². The minimum absolute atomic E-state index is 0.335. The van der Waals surface area contributed by atoms with Gasteiger partial charge in [-0.05, 0) is 45.2 Å². The smallest absolute Gasteiger partial charge is 0.242 e. The Kier molecular flexibility index (Phi) is 3.07. The number of benzene rings is 1. The van der Waals surface area contributed by atoms with E-state index in [4.69, 9.17) is 15.7 Å². The Labute approximate surface area is 126 Å². The van der Waals surface area contributed by atoms with E-state index in [0.717, 1.165) is 0 Å². The number of tetrazole rings is 1. The maximum absolute atomic E-state index is 8.89. The van der Waals surface area contributed by atoms with Gasteiger partial charge in [-0.2, -0.15) is 9.78 Å². The summed E-state index contributed by atoms with van der Waals surface area (Å²) in [6.07, 6.45) is 3.00. The third-order valence-corrected chi connectivity index (χ3v) is 3.29. The zero-order valence-electron chi connectivity index (χ0n) is 9.86. The number of hydrogen-bond donors (Lipinski definition) is 1. The lowest BCUT2D eigenvalue weighted by Gasteiger charge is -2.10. The number of nitrogens with two attached hydrogens (primary N) is 1. The van der Waals surface area contributed by atoms with Crippen molar-refractivity contribution in [2.45, 2.75) is 0 Å². The topological polar surface area (TPSA) is 115 Å². The molecule has 98 valence electrons. The van der Waals surface area contributed by atoms with Crippen molar-refractivity contribution in [2.24, 2.45) is 0 Å². The lowest BCUT2D eigenvalue weighted by molar-refractivity contribution is 0.441. The van der Waals surface area contributed by atoms with E-state index in [1.807, 2.05) is 28.7 Å². The van der Waals surface area contributed by atoms with Gasteiger partial charge in [0.2, 0.25) is 11.5 Å². The Morgan fingerprint density at radius 3 is 2.95 bits per heavy atom. The number of hydrogen-bond acceptors (Lipinski definition) is 7. The fourth-order valence-corrected chi connectivity index (χ4v) is 2.37. The van der Waals surface area contributed by atoms with Gasteiger partial charge in [0.15, 0.2) is 5.75 Å². The molecular formula is C11H6IN7O. The molecule has 0 spiro atoms. The summed E-state index contributed by atoms with van der Waals surface area (Å²) >= 11 is 2.05. The van der Waals surface area contributed by atoms with Gasteiger partial charge in [0.25, 0.3) is 0 Å². The molecule has 0 radical (unpaired) electrons. The van der Waals surface area contributed by atoms with Crippen molar-refractivity contribution >= 4 is 33.9 Å². The molecule has 0 aliphatic rings. The molecule has 2 aromatic heterocycles. The molecule has 0 fully saturated rings. The van der Waals surface area contributed by atoms with E-state index in [-0.39, 0.29) is 0 Å². The number of anilines is 1. The van der Waals surface area contributed by atoms with Crippen molar-refractivity contribution < 1.29 is 4.74 Å². The number of nitriles is 1. The van der Waals surface area contributed by atoms with Crippen molar-refractivity contribution in [3.8, 4) is 17.7 Å². The maximum Gasteiger partial charge on any atom is 0.242 e. The molecule has 3 aromatic rings. The molecule has 2 heterocycles. The number of nitrogens with zero attached hydrogens (tertiary/aromatic N) is 6. The van der Waals surface area contributed by atoms with Crippen LogP contribution >= 0.6 is 22.6 Å². The van der Waals surface area contributed by atoms with Gasteiger partial charge in [-0.3, -0.25) is 4.98 Å². The lowest BCUT2D eigenvalue weighted by atomic mass is 10.2. The number of nitrogen functional groups attached to an aromatic ring is 1. The van der Waals surface area contributed by atoms with Crippen LogP contribution < -0.4 is 10.5 Å². The van der Waals surface area contributed by atoms with Gasteiger partial charge in [0.05, 0.1) is 33.3 Å². The second kappa shape index (κ2) is 4.89. The Morgan fingerprint density at radius 2 is 2.20 bits per heavy atom. The number of ether oxygens (including phenoxy) is 1. The first-order chi connectivity index (χ1) is 9.69. The van der Waals surface area contributed by atoms with E-state index in [0.29, 0.717) is 32.1 Å². The van der Waals surface area contributed by atoms with E-state index in [1.165, 1.54) is 16.9 Å². The molecule has 0 aliphatic heterocycles. The highest BCUT2D eigenvalue weighted by Gasteiger charge is 2.13. The Balaban J connectivity index is 2.08. The molecule has 0 saturated heterocycles. The predicted molar refractivity (Wildman–Crippen MR) is 76.9 cm³/mol. The molecule has 3 rings (SSSR count). The second-order valence-electron chi connectivity index (χ2n) is 3.78. The van der Waals surface area contributed by atoms with Crippen LogP contribution in [0.2, 0.25) is 0 Å². The highest BCUT2D eigenvalue weighted by Crippen LogP contribution is 2.33. The lowest BCUT2D eigenvalue weighted by Crippen LogP contribution is -2.01. The van der Waals surface area contributed by atoms with E-state index >= 15 is 0 Å². The van der Waals surface area contributed by atoms with E-state index in [9.17, 15) is 0 Å². The maximum atomic E-state index is 8.89. The van der Waals surface area contributed by atoms with E-state index in [2.05, 4.69) is 20.5 Å². The normalized spacial score (nSPS) is 10.4. The number of aromatic nitrogens is 5. The number of rotatable bonds is 2. The van der Waals surface area contributed by atoms with Crippen LogP contribution in [0.5, 0.6) is 11.6 Å². The van der Waals surface area contributed by atoms with Crippen LogP contribution in [-0.4, -0.2) is 25.0 Å². The SMILES string of the molecule is N#Cc1cc(N)c(Oc2cncc3nnnn23)c(I)c1. The van der Waals surface area contributed by atoms with Crippen LogP contribution in [0.1, 0.15) is 5.56 Å². The van der Waals surface area contributed by atoms with Crippen LogP contribution in [0, 0.1) is 14.9 Å².